The third-order valence-corrected chi connectivity index (χ3v) is 5.20. The summed E-state index contributed by atoms with van der Waals surface area (Å²) in [6.45, 7) is 14.9. The topological polar surface area (TPSA) is 55.8 Å². The predicted molar refractivity (Wildman–Crippen MR) is 108 cm³/mol. The molecule has 146 valence electrons. The number of fused-ring (bicyclic) bond motifs is 1. The fourth-order valence-electron chi connectivity index (χ4n) is 3.54. The van der Waals surface area contributed by atoms with Gasteiger partial charge in [0.25, 0.3) is 5.92 Å². The van der Waals surface area contributed by atoms with E-state index in [1.165, 1.54) is 0 Å². The summed E-state index contributed by atoms with van der Waals surface area (Å²) in [4.78, 5) is 13.3. The van der Waals surface area contributed by atoms with E-state index in [4.69, 9.17) is 18.9 Å². The molecule has 2 heterocycles. The lowest BCUT2D eigenvalue weighted by Crippen LogP contribution is -2.55. The molecular weight excluding hydrogens is 374 g/mol. The normalized spacial score (nSPS) is 18.4. The van der Waals surface area contributed by atoms with Gasteiger partial charge in [-0.25, -0.2) is 23.5 Å². The van der Waals surface area contributed by atoms with E-state index < -0.39 is 12.0 Å². The van der Waals surface area contributed by atoms with Crippen LogP contribution in [0.1, 0.15) is 12.0 Å². The maximum absolute atomic E-state index is 13.9. The minimum Gasteiger partial charge on any atom is -0.340 e. The zero-order chi connectivity index (χ0) is 20.6. The number of rotatable bonds is 3. The summed E-state index contributed by atoms with van der Waals surface area (Å²) in [6.07, 6.45) is -0.329. The number of anilines is 1. The van der Waals surface area contributed by atoms with Crippen molar-refractivity contribution in [2.75, 3.05) is 18.0 Å². The van der Waals surface area contributed by atoms with Crippen LogP contribution in [0.3, 0.4) is 0 Å². The second-order valence-corrected chi connectivity index (χ2v) is 7.12. The Labute approximate surface area is 166 Å². The smallest absolute Gasteiger partial charge is 0.266 e. The lowest BCUT2D eigenvalue weighted by atomic mass is 10.0. The average Bonchev–Trinajstić information content (AvgIpc) is 3.08. The first-order valence-electron chi connectivity index (χ1n) is 9.14. The minimum absolute atomic E-state index is 0.00264. The van der Waals surface area contributed by atoms with E-state index in [1.807, 2.05) is 22.8 Å². The SMILES string of the molecule is [C-]#[N+]c1ccc(Cn2c(N3CCC(F)(F)[C@H](N)C3)nc3cc([N+]#[C-])ccc32)cc1. The van der Waals surface area contributed by atoms with Gasteiger partial charge in [0.15, 0.2) is 11.4 Å². The number of halogens is 2. The zero-order valence-corrected chi connectivity index (χ0v) is 15.5. The highest BCUT2D eigenvalue weighted by Crippen LogP contribution is 2.33. The Bertz CT molecular complexity index is 1140. The molecule has 0 amide bonds. The molecule has 2 N–H and O–H groups in total. The Morgan fingerprint density at radius 3 is 2.45 bits per heavy atom. The van der Waals surface area contributed by atoms with E-state index in [2.05, 4.69) is 14.7 Å². The third-order valence-electron chi connectivity index (χ3n) is 5.20. The van der Waals surface area contributed by atoms with Crippen LogP contribution in [0.2, 0.25) is 0 Å². The molecule has 1 aliphatic rings. The van der Waals surface area contributed by atoms with Crippen LogP contribution in [0.5, 0.6) is 0 Å². The minimum atomic E-state index is -2.89. The summed E-state index contributed by atoms with van der Waals surface area (Å²) >= 11 is 0. The molecule has 6 nitrogen and oxygen atoms in total. The van der Waals surface area contributed by atoms with Gasteiger partial charge < -0.3 is 15.2 Å². The van der Waals surface area contributed by atoms with Gasteiger partial charge in [-0.05, 0) is 17.7 Å². The maximum Gasteiger partial charge on any atom is 0.266 e. The highest BCUT2D eigenvalue weighted by molar-refractivity contribution is 5.83. The molecule has 0 aliphatic carbocycles. The predicted octanol–water partition coefficient (Wildman–Crippen LogP) is 4.36. The first kappa shape index (κ1) is 18.9. The molecule has 4 rings (SSSR count). The van der Waals surface area contributed by atoms with Gasteiger partial charge in [0.05, 0.1) is 36.8 Å². The molecule has 29 heavy (non-hydrogen) atoms. The van der Waals surface area contributed by atoms with E-state index >= 15 is 0 Å². The van der Waals surface area contributed by atoms with Crippen molar-refractivity contribution in [3.8, 4) is 0 Å². The Kier molecular flexibility index (Phi) is 4.65. The van der Waals surface area contributed by atoms with Crippen molar-refractivity contribution >= 4 is 28.4 Å². The Morgan fingerprint density at radius 2 is 1.79 bits per heavy atom. The van der Waals surface area contributed by atoms with Crippen molar-refractivity contribution in [3.63, 3.8) is 0 Å². The summed E-state index contributed by atoms with van der Waals surface area (Å²) in [5.41, 5.74) is 9.14. The molecular formula is C21H18F2N6. The summed E-state index contributed by atoms with van der Waals surface area (Å²) in [5.74, 6) is -2.33. The van der Waals surface area contributed by atoms with E-state index in [1.54, 1.807) is 29.2 Å². The van der Waals surface area contributed by atoms with Gasteiger partial charge in [-0.3, -0.25) is 0 Å². The van der Waals surface area contributed by atoms with Crippen molar-refractivity contribution in [1.82, 2.24) is 9.55 Å². The second-order valence-electron chi connectivity index (χ2n) is 7.12. The van der Waals surface area contributed by atoms with Crippen LogP contribution >= 0.6 is 0 Å². The number of benzene rings is 2. The van der Waals surface area contributed by atoms with Crippen molar-refractivity contribution in [2.24, 2.45) is 5.73 Å². The van der Waals surface area contributed by atoms with E-state index in [-0.39, 0.29) is 19.5 Å². The quantitative estimate of drug-likeness (QED) is 0.674. The van der Waals surface area contributed by atoms with Gasteiger partial charge >= 0.3 is 0 Å². The van der Waals surface area contributed by atoms with Gasteiger partial charge in [-0.2, -0.15) is 0 Å². The standard InChI is InChI=1S/C21H18F2N6/c1-25-15-5-3-14(4-6-15)12-29-18-8-7-16(26-2)11-17(18)27-20(29)28-10-9-21(22,23)19(24)13-28/h3-8,11,19H,9-10,12-13,24H2/t19-/m1/s1. The van der Waals surface area contributed by atoms with Crippen molar-refractivity contribution < 1.29 is 8.78 Å². The number of hydrogen-bond acceptors (Lipinski definition) is 3. The molecule has 0 unspecified atom stereocenters. The van der Waals surface area contributed by atoms with Crippen molar-refractivity contribution in [3.05, 3.63) is 70.9 Å². The number of hydrogen-bond donors (Lipinski definition) is 1. The first-order valence-corrected chi connectivity index (χ1v) is 9.14. The molecule has 2 aromatic carbocycles. The first-order chi connectivity index (χ1) is 13.9. The molecule has 0 bridgehead atoms. The number of nitrogens with two attached hydrogens (primary N) is 1. The molecule has 0 spiro atoms. The van der Waals surface area contributed by atoms with Crippen LogP contribution in [0.15, 0.2) is 42.5 Å². The summed E-state index contributed by atoms with van der Waals surface area (Å²) < 4.78 is 29.7. The van der Waals surface area contributed by atoms with Crippen LogP contribution in [-0.2, 0) is 6.54 Å². The van der Waals surface area contributed by atoms with Crippen LogP contribution < -0.4 is 10.6 Å². The van der Waals surface area contributed by atoms with Crippen LogP contribution in [0.25, 0.3) is 20.7 Å². The summed E-state index contributed by atoms with van der Waals surface area (Å²) in [5, 5.41) is 0. The monoisotopic (exact) mass is 392 g/mol. The average molecular weight is 392 g/mol. The number of piperidine rings is 1. The molecule has 1 aliphatic heterocycles. The van der Waals surface area contributed by atoms with Gasteiger partial charge in [-0.1, -0.05) is 30.3 Å². The number of aromatic nitrogens is 2. The van der Waals surface area contributed by atoms with Gasteiger partial charge in [0, 0.05) is 19.5 Å². The maximum atomic E-state index is 13.9. The molecule has 3 aromatic rings. The van der Waals surface area contributed by atoms with Crippen molar-refractivity contribution in [2.45, 2.75) is 24.9 Å². The summed E-state index contributed by atoms with van der Waals surface area (Å²) in [7, 11) is 0. The van der Waals surface area contributed by atoms with Crippen LogP contribution in [0, 0.1) is 13.1 Å². The van der Waals surface area contributed by atoms with E-state index in [0.717, 1.165) is 11.1 Å². The number of alkyl halides is 2. The van der Waals surface area contributed by atoms with Gasteiger partial charge in [0.2, 0.25) is 5.95 Å². The summed E-state index contributed by atoms with van der Waals surface area (Å²) in [6, 6.07) is 11.2. The van der Waals surface area contributed by atoms with Crippen LogP contribution in [0.4, 0.5) is 26.1 Å². The van der Waals surface area contributed by atoms with Crippen LogP contribution in [-0.4, -0.2) is 34.6 Å². The third kappa shape index (κ3) is 3.51. The van der Waals surface area contributed by atoms with E-state index in [0.29, 0.717) is 29.4 Å². The fourth-order valence-corrected chi connectivity index (χ4v) is 3.54. The highest BCUT2D eigenvalue weighted by Gasteiger charge is 2.42. The highest BCUT2D eigenvalue weighted by atomic mass is 19.3. The van der Waals surface area contributed by atoms with Gasteiger partial charge in [-0.15, -0.1) is 0 Å². The molecule has 1 saturated heterocycles. The molecule has 0 saturated carbocycles. The van der Waals surface area contributed by atoms with E-state index in [9.17, 15) is 8.78 Å². The molecule has 1 atom stereocenters. The molecule has 8 heteroatoms. The molecule has 0 radical (unpaired) electrons. The largest absolute Gasteiger partial charge is 0.340 e. The Morgan fingerprint density at radius 1 is 1.10 bits per heavy atom. The second kappa shape index (κ2) is 7.16. The van der Waals surface area contributed by atoms with Gasteiger partial charge in [0.1, 0.15) is 0 Å². The lowest BCUT2D eigenvalue weighted by molar-refractivity contribution is -0.0395. The fraction of sp³-hybridized carbons (Fsp3) is 0.286. The zero-order valence-electron chi connectivity index (χ0n) is 15.5. The number of imidazole rings is 1. The molecule has 1 fully saturated rings. The lowest BCUT2D eigenvalue weighted by Gasteiger charge is -2.37. The van der Waals surface area contributed by atoms with Crippen molar-refractivity contribution in [1.29, 1.82) is 0 Å². The number of nitrogens with zero attached hydrogens (tertiary/aromatic N) is 5. The Hall–Kier alpha value is -3.49. The Balaban J connectivity index is 1.77. The molecule has 1 aromatic heterocycles.